The summed E-state index contributed by atoms with van der Waals surface area (Å²) >= 11 is 0. The SMILES string of the molecule is COc1cc(C)ccc1C(=O)NC(C)CN. The number of amides is 1. The maximum Gasteiger partial charge on any atom is 0.255 e. The molecule has 1 amide bonds. The van der Waals surface area contributed by atoms with Crippen molar-refractivity contribution in [2.75, 3.05) is 13.7 Å². The largest absolute Gasteiger partial charge is 0.496 e. The monoisotopic (exact) mass is 222 g/mol. The van der Waals surface area contributed by atoms with Crippen LogP contribution >= 0.6 is 0 Å². The Morgan fingerprint density at radius 2 is 2.25 bits per heavy atom. The van der Waals surface area contributed by atoms with Gasteiger partial charge in [-0.25, -0.2) is 0 Å². The molecule has 0 aliphatic carbocycles. The number of rotatable bonds is 4. The van der Waals surface area contributed by atoms with Crippen LogP contribution in [-0.2, 0) is 0 Å². The zero-order chi connectivity index (χ0) is 12.1. The number of carbonyl (C=O) groups excluding carboxylic acids is 1. The van der Waals surface area contributed by atoms with Crippen molar-refractivity contribution in [3.8, 4) is 5.75 Å². The van der Waals surface area contributed by atoms with E-state index in [1.165, 1.54) is 0 Å². The molecule has 0 radical (unpaired) electrons. The summed E-state index contributed by atoms with van der Waals surface area (Å²) in [7, 11) is 1.55. The summed E-state index contributed by atoms with van der Waals surface area (Å²) in [5.41, 5.74) is 7.04. The summed E-state index contributed by atoms with van der Waals surface area (Å²) < 4.78 is 5.17. The first-order valence-corrected chi connectivity index (χ1v) is 5.24. The minimum atomic E-state index is -0.158. The average Bonchev–Trinajstić information content (AvgIpc) is 2.28. The Morgan fingerprint density at radius 3 is 2.81 bits per heavy atom. The second-order valence-electron chi connectivity index (χ2n) is 3.81. The van der Waals surface area contributed by atoms with Gasteiger partial charge in [0.05, 0.1) is 12.7 Å². The first-order chi connectivity index (χ1) is 7.58. The molecule has 4 heteroatoms. The molecular weight excluding hydrogens is 204 g/mol. The van der Waals surface area contributed by atoms with E-state index < -0.39 is 0 Å². The van der Waals surface area contributed by atoms with E-state index >= 15 is 0 Å². The van der Waals surface area contributed by atoms with Crippen molar-refractivity contribution in [1.29, 1.82) is 0 Å². The van der Waals surface area contributed by atoms with Crippen LogP contribution in [0.25, 0.3) is 0 Å². The Hall–Kier alpha value is -1.55. The number of benzene rings is 1. The van der Waals surface area contributed by atoms with Gasteiger partial charge in [-0.3, -0.25) is 4.79 Å². The van der Waals surface area contributed by atoms with Crippen LogP contribution in [0.15, 0.2) is 18.2 Å². The first-order valence-electron chi connectivity index (χ1n) is 5.24. The van der Waals surface area contributed by atoms with Crippen molar-refractivity contribution in [2.45, 2.75) is 19.9 Å². The lowest BCUT2D eigenvalue weighted by atomic mass is 10.1. The molecule has 1 rings (SSSR count). The van der Waals surface area contributed by atoms with Crippen molar-refractivity contribution >= 4 is 5.91 Å². The summed E-state index contributed by atoms with van der Waals surface area (Å²) in [5, 5.41) is 2.80. The van der Waals surface area contributed by atoms with Gasteiger partial charge >= 0.3 is 0 Å². The Labute approximate surface area is 95.8 Å². The Kier molecular flexibility index (Phi) is 4.31. The fourth-order valence-corrected chi connectivity index (χ4v) is 1.35. The predicted molar refractivity (Wildman–Crippen MR) is 63.7 cm³/mol. The zero-order valence-electron chi connectivity index (χ0n) is 9.91. The Morgan fingerprint density at radius 1 is 1.56 bits per heavy atom. The number of nitrogens with one attached hydrogen (secondary N) is 1. The molecule has 1 atom stereocenters. The zero-order valence-corrected chi connectivity index (χ0v) is 9.91. The van der Waals surface area contributed by atoms with Crippen molar-refractivity contribution in [3.05, 3.63) is 29.3 Å². The van der Waals surface area contributed by atoms with Crippen molar-refractivity contribution in [1.82, 2.24) is 5.32 Å². The molecule has 4 nitrogen and oxygen atoms in total. The van der Waals surface area contributed by atoms with Gasteiger partial charge < -0.3 is 15.8 Å². The lowest BCUT2D eigenvalue weighted by molar-refractivity contribution is 0.0938. The summed E-state index contributed by atoms with van der Waals surface area (Å²) in [6.07, 6.45) is 0. The van der Waals surface area contributed by atoms with Gasteiger partial charge in [-0.15, -0.1) is 0 Å². The molecule has 0 aromatic heterocycles. The molecule has 88 valence electrons. The molecule has 1 aromatic rings. The van der Waals surface area contributed by atoms with E-state index in [0.29, 0.717) is 17.9 Å². The van der Waals surface area contributed by atoms with E-state index in [2.05, 4.69) is 5.32 Å². The summed E-state index contributed by atoms with van der Waals surface area (Å²) in [4.78, 5) is 11.9. The number of hydrogen-bond donors (Lipinski definition) is 2. The third kappa shape index (κ3) is 2.97. The lowest BCUT2D eigenvalue weighted by Crippen LogP contribution is -2.37. The van der Waals surface area contributed by atoms with Crippen LogP contribution in [0.5, 0.6) is 5.75 Å². The molecule has 0 aliphatic rings. The predicted octanol–water partition coefficient (Wildman–Crippen LogP) is 1.08. The number of aryl methyl sites for hydroxylation is 1. The van der Waals surface area contributed by atoms with Gasteiger partial charge in [0.2, 0.25) is 0 Å². The molecule has 0 aliphatic heterocycles. The Bertz CT molecular complexity index is 377. The van der Waals surface area contributed by atoms with E-state index in [-0.39, 0.29) is 11.9 Å². The molecule has 0 heterocycles. The van der Waals surface area contributed by atoms with Crippen LogP contribution in [-0.4, -0.2) is 25.6 Å². The van der Waals surface area contributed by atoms with E-state index in [9.17, 15) is 4.79 Å². The van der Waals surface area contributed by atoms with Gasteiger partial charge in [0, 0.05) is 12.6 Å². The number of nitrogens with two attached hydrogens (primary N) is 1. The standard InChI is InChI=1S/C12H18N2O2/c1-8-4-5-10(11(6-8)16-3)12(15)14-9(2)7-13/h4-6,9H,7,13H2,1-3H3,(H,14,15). The second-order valence-corrected chi connectivity index (χ2v) is 3.81. The molecule has 0 saturated heterocycles. The lowest BCUT2D eigenvalue weighted by Gasteiger charge is -2.13. The van der Waals surface area contributed by atoms with Gasteiger partial charge in [-0.05, 0) is 31.5 Å². The minimum Gasteiger partial charge on any atom is -0.496 e. The topological polar surface area (TPSA) is 64.3 Å². The van der Waals surface area contributed by atoms with Gasteiger partial charge in [0.25, 0.3) is 5.91 Å². The second kappa shape index (κ2) is 5.51. The summed E-state index contributed by atoms with van der Waals surface area (Å²) in [6.45, 7) is 4.23. The van der Waals surface area contributed by atoms with Crippen LogP contribution < -0.4 is 15.8 Å². The van der Waals surface area contributed by atoms with Crippen LogP contribution in [0.3, 0.4) is 0 Å². The first kappa shape index (κ1) is 12.5. The van der Waals surface area contributed by atoms with Crippen molar-refractivity contribution in [2.24, 2.45) is 5.73 Å². The molecule has 3 N–H and O–H groups in total. The minimum absolute atomic E-state index is 0.0430. The van der Waals surface area contributed by atoms with E-state index in [1.807, 2.05) is 26.0 Å². The number of carbonyl (C=O) groups is 1. The smallest absolute Gasteiger partial charge is 0.255 e. The number of methoxy groups -OCH3 is 1. The van der Waals surface area contributed by atoms with Gasteiger partial charge in [-0.1, -0.05) is 6.07 Å². The number of ether oxygens (including phenoxy) is 1. The van der Waals surface area contributed by atoms with Gasteiger partial charge in [0.15, 0.2) is 0 Å². The molecular formula is C12H18N2O2. The average molecular weight is 222 g/mol. The van der Waals surface area contributed by atoms with Crippen molar-refractivity contribution in [3.63, 3.8) is 0 Å². The van der Waals surface area contributed by atoms with Crippen molar-refractivity contribution < 1.29 is 9.53 Å². The third-order valence-corrected chi connectivity index (χ3v) is 2.33. The highest BCUT2D eigenvalue weighted by Gasteiger charge is 2.13. The molecule has 1 aromatic carbocycles. The van der Waals surface area contributed by atoms with Gasteiger partial charge in [0.1, 0.15) is 5.75 Å². The van der Waals surface area contributed by atoms with E-state index in [0.717, 1.165) is 5.56 Å². The molecule has 0 bridgehead atoms. The molecule has 1 unspecified atom stereocenters. The summed E-state index contributed by atoms with van der Waals surface area (Å²) in [6, 6.07) is 5.43. The number of hydrogen-bond acceptors (Lipinski definition) is 3. The Balaban J connectivity index is 2.90. The normalized spacial score (nSPS) is 12.0. The maximum absolute atomic E-state index is 11.9. The van der Waals surface area contributed by atoms with Gasteiger partial charge in [-0.2, -0.15) is 0 Å². The van der Waals surface area contributed by atoms with Crippen LogP contribution in [0, 0.1) is 6.92 Å². The highest BCUT2D eigenvalue weighted by molar-refractivity contribution is 5.97. The highest BCUT2D eigenvalue weighted by Crippen LogP contribution is 2.19. The molecule has 0 fully saturated rings. The molecule has 16 heavy (non-hydrogen) atoms. The van der Waals surface area contributed by atoms with E-state index in [4.69, 9.17) is 10.5 Å². The van der Waals surface area contributed by atoms with Crippen LogP contribution in [0.4, 0.5) is 0 Å². The quantitative estimate of drug-likeness (QED) is 0.801. The fraction of sp³-hybridized carbons (Fsp3) is 0.417. The third-order valence-electron chi connectivity index (χ3n) is 2.33. The highest BCUT2D eigenvalue weighted by atomic mass is 16.5. The summed E-state index contributed by atoms with van der Waals surface area (Å²) in [5.74, 6) is 0.427. The van der Waals surface area contributed by atoms with Crippen LogP contribution in [0.1, 0.15) is 22.8 Å². The molecule has 0 saturated carbocycles. The molecule has 0 spiro atoms. The van der Waals surface area contributed by atoms with Crippen LogP contribution in [0.2, 0.25) is 0 Å². The fourth-order valence-electron chi connectivity index (χ4n) is 1.35. The van der Waals surface area contributed by atoms with E-state index in [1.54, 1.807) is 13.2 Å². The maximum atomic E-state index is 11.9.